The minimum absolute atomic E-state index is 0.0715. The summed E-state index contributed by atoms with van der Waals surface area (Å²) < 4.78 is 27.8. The van der Waals surface area contributed by atoms with Crippen molar-refractivity contribution < 1.29 is 18.1 Å². The van der Waals surface area contributed by atoms with Gasteiger partial charge in [0.25, 0.3) is 5.91 Å². The van der Waals surface area contributed by atoms with Gasteiger partial charge >= 0.3 is 6.43 Å². The summed E-state index contributed by atoms with van der Waals surface area (Å²) in [4.78, 5) is 10.4. The predicted molar refractivity (Wildman–Crippen MR) is 35.9 cm³/mol. The molecule has 1 aromatic heterocycles. The summed E-state index contributed by atoms with van der Waals surface area (Å²) in [5, 5.41) is 5.24. The third-order valence-corrected chi connectivity index (χ3v) is 1.07. The lowest BCUT2D eigenvalue weighted by Crippen LogP contribution is -2.19. The van der Waals surface area contributed by atoms with Gasteiger partial charge in [0.15, 0.2) is 0 Å². The van der Waals surface area contributed by atoms with Crippen LogP contribution in [0.5, 0.6) is 0 Å². The first-order valence-corrected chi connectivity index (χ1v) is 3.12. The van der Waals surface area contributed by atoms with Gasteiger partial charge in [-0.1, -0.05) is 5.16 Å². The van der Waals surface area contributed by atoms with E-state index >= 15 is 0 Å². The van der Waals surface area contributed by atoms with Crippen LogP contribution in [0.25, 0.3) is 0 Å². The Labute approximate surface area is 66.5 Å². The van der Waals surface area contributed by atoms with Gasteiger partial charge in [-0.25, -0.2) is 0 Å². The van der Waals surface area contributed by atoms with E-state index in [1.807, 2.05) is 5.32 Å². The third kappa shape index (κ3) is 2.01. The molecule has 1 N–H and O–H groups in total. The molecule has 66 valence electrons. The van der Waals surface area contributed by atoms with Gasteiger partial charge in [-0.15, -0.1) is 0 Å². The second kappa shape index (κ2) is 3.29. The van der Waals surface area contributed by atoms with Crippen LogP contribution in [0.3, 0.4) is 0 Å². The summed E-state index contributed by atoms with van der Waals surface area (Å²) in [6, 6.07) is 1.35. The maximum absolute atomic E-state index is 11.6. The molecule has 1 rings (SSSR count). The number of halogens is 2. The molecule has 0 atom stereocenters. The molecule has 0 aliphatic heterocycles. The number of carbonyl (C=O) groups is 1. The third-order valence-electron chi connectivity index (χ3n) is 1.07. The SMILES string of the molecule is Cc1cc(NC(=O)C(F)F)on1. The van der Waals surface area contributed by atoms with Crippen molar-refractivity contribution >= 4 is 11.8 Å². The van der Waals surface area contributed by atoms with E-state index in [1.165, 1.54) is 6.07 Å². The van der Waals surface area contributed by atoms with E-state index < -0.39 is 12.3 Å². The molecule has 0 spiro atoms. The Hall–Kier alpha value is -1.46. The van der Waals surface area contributed by atoms with E-state index in [-0.39, 0.29) is 5.88 Å². The topological polar surface area (TPSA) is 55.1 Å². The fourth-order valence-corrected chi connectivity index (χ4v) is 0.598. The maximum Gasteiger partial charge on any atom is 0.315 e. The second-order valence-electron chi connectivity index (χ2n) is 2.12. The van der Waals surface area contributed by atoms with Gasteiger partial charge < -0.3 is 4.52 Å². The Kier molecular flexibility index (Phi) is 2.37. The van der Waals surface area contributed by atoms with Crippen molar-refractivity contribution in [2.45, 2.75) is 13.3 Å². The number of carbonyl (C=O) groups excluding carboxylic acids is 1. The fourth-order valence-electron chi connectivity index (χ4n) is 0.598. The van der Waals surface area contributed by atoms with Crippen LogP contribution >= 0.6 is 0 Å². The molecule has 0 radical (unpaired) electrons. The smallest absolute Gasteiger partial charge is 0.315 e. The van der Waals surface area contributed by atoms with Crippen LogP contribution in [0.15, 0.2) is 10.6 Å². The van der Waals surface area contributed by atoms with Crippen LogP contribution < -0.4 is 5.32 Å². The molecule has 0 unspecified atom stereocenters. The van der Waals surface area contributed by atoms with Crippen molar-refractivity contribution in [3.8, 4) is 0 Å². The number of aryl methyl sites for hydroxylation is 1. The van der Waals surface area contributed by atoms with Gasteiger partial charge in [-0.05, 0) is 6.92 Å². The highest BCUT2D eigenvalue weighted by Gasteiger charge is 2.16. The molecule has 0 aliphatic carbocycles. The van der Waals surface area contributed by atoms with Gasteiger partial charge in [-0.2, -0.15) is 8.78 Å². The molecule has 6 heteroatoms. The highest BCUT2D eigenvalue weighted by Crippen LogP contribution is 2.09. The number of alkyl halides is 2. The average Bonchev–Trinajstić information content (AvgIpc) is 2.35. The Morgan fingerprint density at radius 2 is 2.42 bits per heavy atom. The van der Waals surface area contributed by atoms with Crippen molar-refractivity contribution in [3.05, 3.63) is 11.8 Å². The summed E-state index contributed by atoms with van der Waals surface area (Å²) in [5.41, 5.74) is 0.513. The van der Waals surface area contributed by atoms with Crippen LogP contribution in [0.2, 0.25) is 0 Å². The largest absolute Gasteiger partial charge is 0.338 e. The van der Waals surface area contributed by atoms with Crippen LogP contribution in [0.4, 0.5) is 14.7 Å². The van der Waals surface area contributed by atoms with Crippen LogP contribution in [-0.2, 0) is 4.79 Å². The summed E-state index contributed by atoms with van der Waals surface area (Å²) in [7, 11) is 0. The van der Waals surface area contributed by atoms with E-state index in [0.717, 1.165) is 0 Å². The lowest BCUT2D eigenvalue weighted by molar-refractivity contribution is -0.126. The number of hydrogen-bond acceptors (Lipinski definition) is 3. The zero-order valence-electron chi connectivity index (χ0n) is 6.17. The Bertz CT molecular complexity index is 285. The molecule has 12 heavy (non-hydrogen) atoms. The van der Waals surface area contributed by atoms with Crippen molar-refractivity contribution in [3.63, 3.8) is 0 Å². The fraction of sp³-hybridized carbons (Fsp3) is 0.333. The lowest BCUT2D eigenvalue weighted by atomic mass is 10.5. The molecule has 1 amide bonds. The molecule has 0 fully saturated rings. The molecule has 1 heterocycles. The van der Waals surface area contributed by atoms with Crippen molar-refractivity contribution in [1.82, 2.24) is 5.16 Å². The van der Waals surface area contributed by atoms with Gasteiger partial charge in [0.05, 0.1) is 5.69 Å². The molecular formula is C6H6F2N2O2. The van der Waals surface area contributed by atoms with Crippen molar-refractivity contribution in [1.29, 1.82) is 0 Å². The number of nitrogens with one attached hydrogen (secondary N) is 1. The molecule has 0 bridgehead atoms. The van der Waals surface area contributed by atoms with E-state index in [1.54, 1.807) is 6.92 Å². The van der Waals surface area contributed by atoms with Gasteiger partial charge in [0.2, 0.25) is 5.88 Å². The minimum Gasteiger partial charge on any atom is -0.338 e. The van der Waals surface area contributed by atoms with E-state index in [9.17, 15) is 13.6 Å². The van der Waals surface area contributed by atoms with Crippen LogP contribution in [-0.4, -0.2) is 17.5 Å². The Morgan fingerprint density at radius 3 is 2.83 bits per heavy atom. The number of nitrogens with zero attached hydrogens (tertiary/aromatic N) is 1. The number of hydrogen-bond donors (Lipinski definition) is 1. The average molecular weight is 176 g/mol. The molecule has 0 aliphatic rings. The molecule has 4 nitrogen and oxygen atoms in total. The predicted octanol–water partition coefficient (Wildman–Crippen LogP) is 1.19. The number of amides is 1. The summed E-state index contributed by atoms with van der Waals surface area (Å²) in [6.45, 7) is 1.61. The van der Waals surface area contributed by atoms with Crippen molar-refractivity contribution in [2.24, 2.45) is 0 Å². The highest BCUT2D eigenvalue weighted by molar-refractivity contribution is 5.91. The Balaban J connectivity index is 2.58. The van der Waals surface area contributed by atoms with Gasteiger partial charge in [0, 0.05) is 6.07 Å². The number of anilines is 1. The first-order valence-electron chi connectivity index (χ1n) is 3.12. The lowest BCUT2D eigenvalue weighted by Gasteiger charge is -1.96. The van der Waals surface area contributed by atoms with E-state index in [4.69, 9.17) is 0 Å². The molecule has 0 aromatic carbocycles. The number of rotatable bonds is 2. The maximum atomic E-state index is 11.6. The zero-order chi connectivity index (χ0) is 9.14. The van der Waals surface area contributed by atoms with Gasteiger partial charge in [-0.3, -0.25) is 10.1 Å². The van der Waals surface area contributed by atoms with E-state index in [0.29, 0.717) is 5.69 Å². The second-order valence-corrected chi connectivity index (χ2v) is 2.12. The monoisotopic (exact) mass is 176 g/mol. The summed E-state index contributed by atoms with van der Waals surface area (Å²) in [6.07, 6.45) is -3.05. The van der Waals surface area contributed by atoms with Gasteiger partial charge in [0.1, 0.15) is 0 Å². The van der Waals surface area contributed by atoms with Crippen molar-refractivity contribution in [2.75, 3.05) is 5.32 Å². The first-order chi connectivity index (χ1) is 5.59. The van der Waals surface area contributed by atoms with E-state index in [2.05, 4.69) is 9.68 Å². The standard InChI is InChI=1S/C6H6F2N2O2/c1-3-2-4(12-10-3)9-6(11)5(7)8/h2,5H,1H3,(H,9,11). The quantitative estimate of drug-likeness (QED) is 0.736. The minimum atomic E-state index is -3.05. The Morgan fingerprint density at radius 1 is 1.75 bits per heavy atom. The summed E-state index contributed by atoms with van der Waals surface area (Å²) in [5.74, 6) is -1.47. The van der Waals surface area contributed by atoms with Crippen LogP contribution in [0.1, 0.15) is 5.69 Å². The highest BCUT2D eigenvalue weighted by atomic mass is 19.3. The first kappa shape index (κ1) is 8.63. The van der Waals surface area contributed by atoms with Crippen LogP contribution in [0, 0.1) is 6.92 Å². The molecule has 0 saturated heterocycles. The summed E-state index contributed by atoms with van der Waals surface area (Å²) >= 11 is 0. The normalized spacial score (nSPS) is 10.3. The zero-order valence-corrected chi connectivity index (χ0v) is 6.17. The molecule has 1 aromatic rings. The molecule has 0 saturated carbocycles. The molecular weight excluding hydrogens is 170 g/mol. The number of aromatic nitrogens is 1.